The molecule has 0 saturated heterocycles. The number of carbonyl (C=O) groups is 1. The van der Waals surface area contributed by atoms with Crippen molar-refractivity contribution in [2.75, 3.05) is 24.7 Å². The largest absolute Gasteiger partial charge is 0.325 e. The number of nitrogens with zero attached hydrogens (tertiary/aromatic N) is 1. The number of likely N-dealkylation sites (N-methyl/N-ethyl adjacent to an activating group) is 1. The van der Waals surface area contributed by atoms with E-state index in [2.05, 4.69) is 12.2 Å². The van der Waals surface area contributed by atoms with Crippen LogP contribution in [0.5, 0.6) is 0 Å². The summed E-state index contributed by atoms with van der Waals surface area (Å²) in [6, 6.07) is 7.66. The molecule has 0 heterocycles. The van der Waals surface area contributed by atoms with Gasteiger partial charge in [0.1, 0.15) is 0 Å². The Morgan fingerprint density at radius 3 is 2.33 bits per heavy atom. The standard InChI is InChI=1S/C15H24N2O3S/c1-4-6-7-13-8-10-14(11-9-13)16-15(18)12-17(3)21(19,20)5-2/h8-11H,4-7,12H2,1-3H3,(H,16,18). The summed E-state index contributed by atoms with van der Waals surface area (Å²) in [7, 11) is -1.92. The van der Waals surface area contributed by atoms with Crippen LogP contribution in [0, 0.1) is 0 Å². The average molecular weight is 312 g/mol. The van der Waals surface area contributed by atoms with Gasteiger partial charge in [-0.25, -0.2) is 8.42 Å². The van der Waals surface area contributed by atoms with Crippen LogP contribution in [-0.2, 0) is 21.2 Å². The summed E-state index contributed by atoms with van der Waals surface area (Å²) in [4.78, 5) is 11.8. The Morgan fingerprint density at radius 2 is 1.81 bits per heavy atom. The van der Waals surface area contributed by atoms with Gasteiger partial charge in [-0.2, -0.15) is 4.31 Å². The first-order valence-corrected chi connectivity index (χ1v) is 8.82. The highest BCUT2D eigenvalue weighted by Crippen LogP contribution is 2.12. The Hall–Kier alpha value is -1.40. The van der Waals surface area contributed by atoms with Gasteiger partial charge in [0.2, 0.25) is 15.9 Å². The Morgan fingerprint density at radius 1 is 1.19 bits per heavy atom. The van der Waals surface area contributed by atoms with Crippen LogP contribution in [0.1, 0.15) is 32.3 Å². The normalized spacial score (nSPS) is 11.6. The predicted molar refractivity (Wildman–Crippen MR) is 85.8 cm³/mol. The first-order valence-electron chi connectivity index (χ1n) is 7.21. The van der Waals surface area contributed by atoms with Crippen molar-refractivity contribution < 1.29 is 13.2 Å². The van der Waals surface area contributed by atoms with Crippen molar-refractivity contribution in [3.8, 4) is 0 Å². The van der Waals surface area contributed by atoms with Crippen molar-refractivity contribution in [2.45, 2.75) is 33.1 Å². The minimum atomic E-state index is -3.33. The molecular formula is C15H24N2O3S. The molecule has 0 radical (unpaired) electrons. The molecule has 1 aromatic carbocycles. The van der Waals surface area contributed by atoms with Gasteiger partial charge in [0.15, 0.2) is 0 Å². The molecule has 118 valence electrons. The lowest BCUT2D eigenvalue weighted by atomic mass is 10.1. The number of nitrogens with one attached hydrogen (secondary N) is 1. The van der Waals surface area contributed by atoms with E-state index in [1.807, 2.05) is 24.3 Å². The van der Waals surface area contributed by atoms with Gasteiger partial charge in [-0.15, -0.1) is 0 Å². The highest BCUT2D eigenvalue weighted by Gasteiger charge is 2.18. The minimum Gasteiger partial charge on any atom is -0.325 e. The van der Waals surface area contributed by atoms with Crippen molar-refractivity contribution in [1.82, 2.24) is 4.31 Å². The third-order valence-electron chi connectivity index (χ3n) is 3.26. The lowest BCUT2D eigenvalue weighted by Gasteiger charge is -2.15. The van der Waals surface area contributed by atoms with E-state index >= 15 is 0 Å². The van der Waals surface area contributed by atoms with E-state index < -0.39 is 10.0 Å². The van der Waals surface area contributed by atoms with Crippen molar-refractivity contribution >= 4 is 21.6 Å². The first kappa shape index (κ1) is 17.7. The maximum Gasteiger partial charge on any atom is 0.239 e. The fourth-order valence-corrected chi connectivity index (χ4v) is 2.61. The van der Waals surface area contributed by atoms with Gasteiger partial charge in [-0.05, 0) is 37.5 Å². The highest BCUT2D eigenvalue weighted by atomic mass is 32.2. The van der Waals surface area contributed by atoms with E-state index in [-0.39, 0.29) is 18.2 Å². The average Bonchev–Trinajstić information content (AvgIpc) is 2.46. The maximum absolute atomic E-state index is 11.8. The number of aryl methyl sites for hydroxylation is 1. The summed E-state index contributed by atoms with van der Waals surface area (Å²) in [5.74, 6) is -0.348. The van der Waals surface area contributed by atoms with Crippen molar-refractivity contribution in [3.05, 3.63) is 29.8 Å². The molecule has 0 unspecified atom stereocenters. The van der Waals surface area contributed by atoms with Gasteiger partial charge in [0, 0.05) is 12.7 Å². The van der Waals surface area contributed by atoms with E-state index in [4.69, 9.17) is 0 Å². The SMILES string of the molecule is CCCCc1ccc(NC(=O)CN(C)S(=O)(=O)CC)cc1. The fraction of sp³-hybridized carbons (Fsp3) is 0.533. The van der Waals surface area contributed by atoms with Crippen LogP contribution >= 0.6 is 0 Å². The van der Waals surface area contributed by atoms with Crippen molar-refractivity contribution in [1.29, 1.82) is 0 Å². The zero-order valence-corrected chi connectivity index (χ0v) is 13.7. The lowest BCUT2D eigenvalue weighted by Crippen LogP contribution is -2.35. The van der Waals surface area contributed by atoms with Crippen LogP contribution in [0.2, 0.25) is 0 Å². The zero-order chi connectivity index (χ0) is 15.9. The molecule has 0 saturated carbocycles. The monoisotopic (exact) mass is 312 g/mol. The molecule has 0 atom stereocenters. The molecule has 0 bridgehead atoms. The number of carbonyl (C=O) groups excluding carboxylic acids is 1. The maximum atomic E-state index is 11.8. The van der Waals surface area contributed by atoms with Gasteiger partial charge in [-0.3, -0.25) is 4.79 Å². The number of hydrogen-bond acceptors (Lipinski definition) is 3. The molecule has 1 N–H and O–H groups in total. The topological polar surface area (TPSA) is 66.5 Å². The third kappa shape index (κ3) is 5.85. The number of rotatable bonds is 8. The van der Waals surface area contributed by atoms with E-state index in [0.717, 1.165) is 23.6 Å². The molecule has 0 fully saturated rings. The van der Waals surface area contributed by atoms with Crippen LogP contribution in [0.15, 0.2) is 24.3 Å². The molecule has 1 amide bonds. The van der Waals surface area contributed by atoms with Gasteiger partial charge in [-0.1, -0.05) is 25.5 Å². The molecule has 21 heavy (non-hydrogen) atoms. The van der Waals surface area contributed by atoms with Gasteiger partial charge >= 0.3 is 0 Å². The molecule has 0 aliphatic carbocycles. The Balaban J connectivity index is 2.55. The molecule has 0 aliphatic heterocycles. The predicted octanol–water partition coefficient (Wildman–Crippen LogP) is 2.25. The molecule has 1 rings (SSSR count). The summed E-state index contributed by atoms with van der Waals surface area (Å²) < 4.78 is 24.2. The fourth-order valence-electron chi connectivity index (χ4n) is 1.86. The number of sulfonamides is 1. The van der Waals surface area contributed by atoms with E-state index in [9.17, 15) is 13.2 Å². The van der Waals surface area contributed by atoms with E-state index in [1.54, 1.807) is 6.92 Å². The molecule has 6 heteroatoms. The third-order valence-corrected chi connectivity index (χ3v) is 5.07. The Kier molecular flexibility index (Phi) is 6.84. The number of unbranched alkanes of at least 4 members (excludes halogenated alkanes) is 1. The number of hydrogen-bond donors (Lipinski definition) is 1. The summed E-state index contributed by atoms with van der Waals surface area (Å²) in [6.07, 6.45) is 3.32. The lowest BCUT2D eigenvalue weighted by molar-refractivity contribution is -0.116. The van der Waals surface area contributed by atoms with Gasteiger partial charge < -0.3 is 5.32 Å². The minimum absolute atomic E-state index is 0.0110. The second kappa shape index (κ2) is 8.14. The second-order valence-corrected chi connectivity index (χ2v) is 7.37. The Labute approximate surface area is 127 Å². The number of benzene rings is 1. The molecule has 0 aromatic heterocycles. The van der Waals surface area contributed by atoms with Crippen molar-refractivity contribution in [2.24, 2.45) is 0 Å². The first-order chi connectivity index (χ1) is 9.89. The smallest absolute Gasteiger partial charge is 0.239 e. The summed E-state index contributed by atoms with van der Waals surface area (Å²) in [5, 5.41) is 2.71. The molecule has 0 spiro atoms. The highest BCUT2D eigenvalue weighted by molar-refractivity contribution is 7.89. The molecule has 5 nitrogen and oxygen atoms in total. The van der Waals surface area contributed by atoms with E-state index in [1.165, 1.54) is 12.6 Å². The number of anilines is 1. The van der Waals surface area contributed by atoms with Crippen LogP contribution in [0.25, 0.3) is 0 Å². The van der Waals surface area contributed by atoms with Crippen LogP contribution in [-0.4, -0.2) is 38.0 Å². The number of amides is 1. The van der Waals surface area contributed by atoms with Gasteiger partial charge in [0.05, 0.1) is 12.3 Å². The molecule has 0 aliphatic rings. The summed E-state index contributed by atoms with van der Waals surface area (Å²) >= 11 is 0. The van der Waals surface area contributed by atoms with Gasteiger partial charge in [0.25, 0.3) is 0 Å². The summed E-state index contributed by atoms with van der Waals surface area (Å²) in [5.41, 5.74) is 1.92. The zero-order valence-electron chi connectivity index (χ0n) is 12.9. The van der Waals surface area contributed by atoms with Crippen LogP contribution in [0.3, 0.4) is 0 Å². The Bertz CT molecular complexity index is 553. The second-order valence-electron chi connectivity index (χ2n) is 5.01. The van der Waals surface area contributed by atoms with Crippen LogP contribution < -0.4 is 5.32 Å². The van der Waals surface area contributed by atoms with Crippen LogP contribution in [0.4, 0.5) is 5.69 Å². The van der Waals surface area contributed by atoms with Crippen molar-refractivity contribution in [3.63, 3.8) is 0 Å². The molecular weight excluding hydrogens is 288 g/mol. The van der Waals surface area contributed by atoms with E-state index in [0.29, 0.717) is 5.69 Å². The quantitative estimate of drug-likeness (QED) is 0.800. The summed E-state index contributed by atoms with van der Waals surface area (Å²) in [6.45, 7) is 3.53. The molecule has 1 aromatic rings.